The largest absolute Gasteiger partial charge is 0.355 e. The standard InChI is InChI=1S/C13H19N3O/c1-10-4-5-14-7-12(10)8-15-9-13(17)16-6-11-2-3-11/h4-5,7,11,15H,2-3,6,8-9H2,1H3,(H,16,17). The fraction of sp³-hybridized carbons (Fsp3) is 0.538. The van der Waals surface area contributed by atoms with E-state index in [0.29, 0.717) is 13.1 Å². The molecule has 2 N–H and O–H groups in total. The van der Waals surface area contributed by atoms with E-state index in [4.69, 9.17) is 0 Å². The molecule has 4 heteroatoms. The second-order valence-electron chi connectivity index (χ2n) is 4.65. The summed E-state index contributed by atoms with van der Waals surface area (Å²) < 4.78 is 0. The molecule has 1 fully saturated rings. The van der Waals surface area contributed by atoms with Crippen LogP contribution in [0.15, 0.2) is 18.5 Å². The summed E-state index contributed by atoms with van der Waals surface area (Å²) in [7, 11) is 0. The molecule has 0 atom stereocenters. The van der Waals surface area contributed by atoms with Gasteiger partial charge < -0.3 is 10.6 Å². The van der Waals surface area contributed by atoms with Crippen molar-refractivity contribution in [2.75, 3.05) is 13.1 Å². The highest BCUT2D eigenvalue weighted by atomic mass is 16.1. The van der Waals surface area contributed by atoms with Crippen LogP contribution in [-0.4, -0.2) is 24.0 Å². The predicted molar refractivity (Wildman–Crippen MR) is 66.4 cm³/mol. The Bertz CT molecular complexity index is 388. The van der Waals surface area contributed by atoms with Crippen molar-refractivity contribution in [1.82, 2.24) is 15.6 Å². The maximum absolute atomic E-state index is 11.5. The fourth-order valence-electron chi connectivity index (χ4n) is 1.64. The molecule has 0 saturated heterocycles. The Morgan fingerprint density at radius 3 is 3.06 bits per heavy atom. The van der Waals surface area contributed by atoms with Crippen molar-refractivity contribution in [2.24, 2.45) is 5.92 Å². The number of pyridine rings is 1. The SMILES string of the molecule is Cc1ccncc1CNCC(=O)NCC1CC1. The van der Waals surface area contributed by atoms with Crippen LogP contribution in [-0.2, 0) is 11.3 Å². The second kappa shape index (κ2) is 5.77. The summed E-state index contributed by atoms with van der Waals surface area (Å²) in [6.07, 6.45) is 6.15. The van der Waals surface area contributed by atoms with Gasteiger partial charge in [-0.2, -0.15) is 0 Å². The number of carbonyl (C=O) groups excluding carboxylic acids is 1. The summed E-state index contributed by atoms with van der Waals surface area (Å²) in [6.45, 7) is 3.95. The molecule has 92 valence electrons. The predicted octanol–water partition coefficient (Wildman–Crippen LogP) is 1.01. The van der Waals surface area contributed by atoms with Crippen molar-refractivity contribution in [3.8, 4) is 0 Å². The lowest BCUT2D eigenvalue weighted by molar-refractivity contribution is -0.120. The fourth-order valence-corrected chi connectivity index (χ4v) is 1.64. The van der Waals surface area contributed by atoms with E-state index in [-0.39, 0.29) is 5.91 Å². The number of aryl methyl sites for hydroxylation is 1. The molecule has 1 saturated carbocycles. The zero-order valence-corrected chi connectivity index (χ0v) is 10.2. The Kier molecular flexibility index (Phi) is 4.09. The first-order chi connectivity index (χ1) is 8.25. The van der Waals surface area contributed by atoms with Gasteiger partial charge in [0.2, 0.25) is 5.91 Å². The van der Waals surface area contributed by atoms with Crippen LogP contribution in [0.4, 0.5) is 0 Å². The average Bonchev–Trinajstić information content (AvgIpc) is 3.13. The van der Waals surface area contributed by atoms with Gasteiger partial charge in [0.1, 0.15) is 0 Å². The van der Waals surface area contributed by atoms with E-state index >= 15 is 0 Å². The number of aromatic nitrogens is 1. The number of carbonyl (C=O) groups is 1. The lowest BCUT2D eigenvalue weighted by atomic mass is 10.1. The van der Waals surface area contributed by atoms with Crippen molar-refractivity contribution in [1.29, 1.82) is 0 Å². The lowest BCUT2D eigenvalue weighted by Crippen LogP contribution is -2.34. The van der Waals surface area contributed by atoms with Gasteiger partial charge in [0.25, 0.3) is 0 Å². The molecule has 1 heterocycles. The van der Waals surface area contributed by atoms with Gasteiger partial charge in [0, 0.05) is 25.5 Å². The minimum absolute atomic E-state index is 0.0819. The van der Waals surface area contributed by atoms with E-state index in [9.17, 15) is 4.79 Å². The maximum atomic E-state index is 11.5. The van der Waals surface area contributed by atoms with E-state index in [2.05, 4.69) is 15.6 Å². The normalized spacial score (nSPS) is 14.6. The molecule has 1 aromatic heterocycles. The smallest absolute Gasteiger partial charge is 0.233 e. The van der Waals surface area contributed by atoms with Gasteiger partial charge in [-0.05, 0) is 42.9 Å². The van der Waals surface area contributed by atoms with Crippen molar-refractivity contribution in [3.05, 3.63) is 29.6 Å². The van der Waals surface area contributed by atoms with Gasteiger partial charge in [0.15, 0.2) is 0 Å². The Hall–Kier alpha value is -1.42. The van der Waals surface area contributed by atoms with Crippen molar-refractivity contribution in [2.45, 2.75) is 26.3 Å². The van der Waals surface area contributed by atoms with Crippen LogP contribution in [0.3, 0.4) is 0 Å². The van der Waals surface area contributed by atoms with Crippen LogP contribution in [0.1, 0.15) is 24.0 Å². The van der Waals surface area contributed by atoms with Crippen LogP contribution < -0.4 is 10.6 Å². The number of amides is 1. The van der Waals surface area contributed by atoms with E-state index in [1.165, 1.54) is 18.4 Å². The third-order valence-corrected chi connectivity index (χ3v) is 3.03. The minimum Gasteiger partial charge on any atom is -0.355 e. The molecule has 1 aromatic rings. The third kappa shape index (κ3) is 4.15. The number of hydrogen-bond acceptors (Lipinski definition) is 3. The first-order valence-corrected chi connectivity index (χ1v) is 6.12. The highest BCUT2D eigenvalue weighted by molar-refractivity contribution is 5.77. The van der Waals surface area contributed by atoms with Gasteiger partial charge in [-0.1, -0.05) is 0 Å². The molecule has 1 amide bonds. The molecule has 0 radical (unpaired) electrons. The average molecular weight is 233 g/mol. The highest BCUT2D eigenvalue weighted by Gasteiger charge is 2.21. The summed E-state index contributed by atoms with van der Waals surface area (Å²) >= 11 is 0. The number of hydrogen-bond donors (Lipinski definition) is 2. The Morgan fingerprint density at radius 2 is 2.35 bits per heavy atom. The lowest BCUT2D eigenvalue weighted by Gasteiger charge is -2.07. The molecule has 1 aliphatic rings. The molecule has 1 aliphatic carbocycles. The van der Waals surface area contributed by atoms with Gasteiger partial charge in [-0.3, -0.25) is 9.78 Å². The van der Waals surface area contributed by atoms with Crippen molar-refractivity contribution < 1.29 is 4.79 Å². The Morgan fingerprint density at radius 1 is 1.53 bits per heavy atom. The van der Waals surface area contributed by atoms with E-state index < -0.39 is 0 Å². The summed E-state index contributed by atoms with van der Waals surface area (Å²) in [5.74, 6) is 0.818. The zero-order chi connectivity index (χ0) is 12.1. The number of nitrogens with zero attached hydrogens (tertiary/aromatic N) is 1. The molecular formula is C13H19N3O. The number of rotatable bonds is 6. The van der Waals surface area contributed by atoms with Crippen molar-refractivity contribution >= 4 is 5.91 Å². The Labute approximate surface area is 102 Å². The molecule has 17 heavy (non-hydrogen) atoms. The molecule has 0 unspecified atom stereocenters. The highest BCUT2D eigenvalue weighted by Crippen LogP contribution is 2.27. The van der Waals surface area contributed by atoms with Crippen molar-refractivity contribution in [3.63, 3.8) is 0 Å². The first kappa shape index (κ1) is 12.0. The molecule has 2 rings (SSSR count). The van der Waals surface area contributed by atoms with Crippen LogP contribution in [0, 0.1) is 12.8 Å². The summed E-state index contributed by atoms with van der Waals surface area (Å²) in [4.78, 5) is 15.5. The van der Waals surface area contributed by atoms with Crippen LogP contribution in [0.5, 0.6) is 0 Å². The molecular weight excluding hydrogens is 214 g/mol. The van der Waals surface area contributed by atoms with Crippen LogP contribution >= 0.6 is 0 Å². The minimum atomic E-state index is 0.0819. The zero-order valence-electron chi connectivity index (χ0n) is 10.2. The van der Waals surface area contributed by atoms with Gasteiger partial charge >= 0.3 is 0 Å². The number of nitrogens with one attached hydrogen (secondary N) is 2. The second-order valence-corrected chi connectivity index (χ2v) is 4.65. The first-order valence-electron chi connectivity index (χ1n) is 6.12. The Balaban J connectivity index is 1.64. The van der Waals surface area contributed by atoms with Gasteiger partial charge in [-0.15, -0.1) is 0 Å². The van der Waals surface area contributed by atoms with E-state index in [1.807, 2.05) is 19.2 Å². The summed E-state index contributed by atoms with van der Waals surface area (Å²) in [5, 5.41) is 6.06. The quantitative estimate of drug-likeness (QED) is 0.771. The van der Waals surface area contributed by atoms with Gasteiger partial charge in [0.05, 0.1) is 6.54 Å². The molecule has 0 spiro atoms. The molecule has 0 bridgehead atoms. The topological polar surface area (TPSA) is 54.0 Å². The van der Waals surface area contributed by atoms with E-state index in [1.54, 1.807) is 6.20 Å². The van der Waals surface area contributed by atoms with Crippen LogP contribution in [0.2, 0.25) is 0 Å². The molecule has 0 aromatic carbocycles. The van der Waals surface area contributed by atoms with E-state index in [0.717, 1.165) is 18.0 Å². The van der Waals surface area contributed by atoms with Gasteiger partial charge in [-0.25, -0.2) is 0 Å². The third-order valence-electron chi connectivity index (χ3n) is 3.03. The summed E-state index contributed by atoms with van der Waals surface area (Å²) in [6, 6.07) is 1.98. The van der Waals surface area contributed by atoms with Crippen LogP contribution in [0.25, 0.3) is 0 Å². The summed E-state index contributed by atoms with van der Waals surface area (Å²) in [5.41, 5.74) is 2.34. The molecule has 0 aliphatic heterocycles. The molecule has 4 nitrogen and oxygen atoms in total. The monoisotopic (exact) mass is 233 g/mol. The maximum Gasteiger partial charge on any atom is 0.233 e.